The summed E-state index contributed by atoms with van der Waals surface area (Å²) in [5.74, 6) is -0.431. The fourth-order valence-electron chi connectivity index (χ4n) is 1.17. The molecule has 0 fully saturated rings. The number of aliphatic hydroxyl groups excluding tert-OH is 1. The van der Waals surface area contributed by atoms with E-state index in [4.69, 9.17) is 10.2 Å². The molecule has 0 unspecified atom stereocenters. The second-order valence-electron chi connectivity index (χ2n) is 2.81. The van der Waals surface area contributed by atoms with Gasteiger partial charge in [0.15, 0.2) is 0 Å². The van der Waals surface area contributed by atoms with Crippen LogP contribution in [0.1, 0.15) is 11.1 Å². The van der Waals surface area contributed by atoms with Crippen LogP contribution in [0.25, 0.3) is 0 Å². The van der Waals surface area contributed by atoms with Gasteiger partial charge in [-0.2, -0.15) is 13.2 Å². The lowest BCUT2D eigenvalue weighted by Gasteiger charge is -2.12. The van der Waals surface area contributed by atoms with E-state index in [-0.39, 0.29) is 18.6 Å². The molecule has 0 saturated carbocycles. The van der Waals surface area contributed by atoms with Gasteiger partial charge in [-0.1, -0.05) is 6.07 Å². The van der Waals surface area contributed by atoms with Crippen molar-refractivity contribution in [3.8, 4) is 5.75 Å². The summed E-state index contributed by atoms with van der Waals surface area (Å²) in [6.45, 7) is -0.353. The zero-order chi connectivity index (χ0) is 10.8. The van der Waals surface area contributed by atoms with Crippen LogP contribution in [0, 0.1) is 0 Å². The largest absolute Gasteiger partial charge is 0.508 e. The molecule has 5 heteroatoms. The van der Waals surface area contributed by atoms with Crippen LogP contribution in [0.4, 0.5) is 13.2 Å². The number of aromatic hydroxyl groups is 1. The van der Waals surface area contributed by atoms with Crippen LogP contribution >= 0.6 is 0 Å². The van der Waals surface area contributed by atoms with Gasteiger partial charge in [0.25, 0.3) is 0 Å². The van der Waals surface area contributed by atoms with Crippen LogP contribution < -0.4 is 0 Å². The van der Waals surface area contributed by atoms with Crippen molar-refractivity contribution in [3.05, 3.63) is 29.3 Å². The van der Waals surface area contributed by atoms with Crippen LogP contribution in [-0.4, -0.2) is 16.8 Å². The zero-order valence-corrected chi connectivity index (χ0v) is 7.17. The van der Waals surface area contributed by atoms with Crippen LogP contribution in [0.2, 0.25) is 0 Å². The van der Waals surface area contributed by atoms with Crippen molar-refractivity contribution in [2.24, 2.45) is 0 Å². The molecule has 0 aliphatic rings. The Hall–Kier alpha value is -1.23. The fraction of sp³-hybridized carbons (Fsp3) is 0.333. The summed E-state index contributed by atoms with van der Waals surface area (Å²) in [7, 11) is 0. The highest BCUT2D eigenvalue weighted by Gasteiger charge is 2.33. The Balaban J connectivity index is 3.16. The van der Waals surface area contributed by atoms with Crippen molar-refractivity contribution < 1.29 is 23.4 Å². The molecule has 1 aromatic carbocycles. The number of halogens is 3. The quantitative estimate of drug-likeness (QED) is 0.776. The van der Waals surface area contributed by atoms with E-state index in [2.05, 4.69) is 0 Å². The van der Waals surface area contributed by atoms with Crippen LogP contribution in [0.3, 0.4) is 0 Å². The smallest absolute Gasteiger partial charge is 0.416 e. The summed E-state index contributed by atoms with van der Waals surface area (Å²) in [6, 6.07) is 2.99. The van der Waals surface area contributed by atoms with Gasteiger partial charge in [0.05, 0.1) is 5.56 Å². The van der Waals surface area contributed by atoms with E-state index in [0.717, 1.165) is 6.07 Å². The lowest BCUT2D eigenvalue weighted by atomic mass is 10.0. The van der Waals surface area contributed by atoms with Crippen molar-refractivity contribution in [1.82, 2.24) is 0 Å². The maximum absolute atomic E-state index is 12.4. The average Bonchev–Trinajstić information content (AvgIpc) is 2.07. The van der Waals surface area contributed by atoms with E-state index >= 15 is 0 Å². The molecule has 0 radical (unpaired) electrons. The van der Waals surface area contributed by atoms with Crippen LogP contribution in [0.15, 0.2) is 18.2 Å². The van der Waals surface area contributed by atoms with Crippen LogP contribution in [0.5, 0.6) is 5.75 Å². The third kappa shape index (κ3) is 2.38. The molecule has 0 aliphatic carbocycles. The van der Waals surface area contributed by atoms with E-state index in [0.29, 0.717) is 6.07 Å². The summed E-state index contributed by atoms with van der Waals surface area (Å²) in [6.07, 6.45) is -4.57. The minimum atomic E-state index is -4.50. The summed E-state index contributed by atoms with van der Waals surface area (Å²) in [5.41, 5.74) is -0.913. The molecule has 0 aromatic heterocycles. The Morgan fingerprint density at radius 3 is 2.36 bits per heavy atom. The maximum Gasteiger partial charge on any atom is 0.416 e. The highest BCUT2D eigenvalue weighted by molar-refractivity contribution is 5.36. The van der Waals surface area contributed by atoms with Gasteiger partial charge < -0.3 is 10.2 Å². The first kappa shape index (κ1) is 10.8. The number of alkyl halides is 3. The van der Waals surface area contributed by atoms with Gasteiger partial charge in [-0.3, -0.25) is 0 Å². The minimum Gasteiger partial charge on any atom is -0.508 e. The molecule has 14 heavy (non-hydrogen) atoms. The molecule has 0 amide bonds. The number of benzene rings is 1. The van der Waals surface area contributed by atoms with Crippen molar-refractivity contribution >= 4 is 0 Å². The Bertz CT molecular complexity index is 320. The third-order valence-electron chi connectivity index (χ3n) is 1.78. The lowest BCUT2D eigenvalue weighted by Crippen LogP contribution is -2.09. The molecule has 1 rings (SSSR count). The van der Waals surface area contributed by atoms with E-state index in [1.807, 2.05) is 0 Å². The van der Waals surface area contributed by atoms with E-state index in [9.17, 15) is 13.2 Å². The second-order valence-corrected chi connectivity index (χ2v) is 2.81. The minimum absolute atomic E-state index is 0.0159. The molecular weight excluding hydrogens is 197 g/mol. The monoisotopic (exact) mass is 206 g/mol. The normalized spacial score (nSPS) is 11.7. The molecule has 2 N–H and O–H groups in total. The van der Waals surface area contributed by atoms with Gasteiger partial charge in [0.1, 0.15) is 5.75 Å². The number of phenols is 1. The van der Waals surface area contributed by atoms with Crippen molar-refractivity contribution in [2.45, 2.75) is 12.6 Å². The first-order chi connectivity index (χ1) is 6.45. The standard InChI is InChI=1S/C9H9F3O2/c10-9(11,12)8-5-7(14)2-1-6(8)3-4-13/h1-2,5,13-14H,3-4H2. The number of aliphatic hydroxyl groups is 1. The van der Waals surface area contributed by atoms with E-state index in [1.54, 1.807) is 0 Å². The molecule has 0 heterocycles. The number of hydrogen-bond donors (Lipinski definition) is 2. The first-order valence-electron chi connectivity index (χ1n) is 3.95. The number of rotatable bonds is 2. The second kappa shape index (κ2) is 3.88. The summed E-state index contributed by atoms with van der Waals surface area (Å²) < 4.78 is 37.1. The van der Waals surface area contributed by atoms with Gasteiger partial charge in [-0.15, -0.1) is 0 Å². The summed E-state index contributed by atoms with van der Waals surface area (Å²) in [5, 5.41) is 17.5. The highest BCUT2D eigenvalue weighted by Crippen LogP contribution is 2.34. The third-order valence-corrected chi connectivity index (χ3v) is 1.78. The predicted octanol–water partition coefficient (Wildman–Crippen LogP) is 1.95. The van der Waals surface area contributed by atoms with E-state index in [1.165, 1.54) is 6.07 Å². The topological polar surface area (TPSA) is 40.5 Å². The van der Waals surface area contributed by atoms with Gasteiger partial charge in [-0.05, 0) is 24.1 Å². The number of phenolic OH excluding ortho intramolecular Hbond substituents is 1. The Morgan fingerprint density at radius 2 is 1.86 bits per heavy atom. The molecule has 0 saturated heterocycles. The average molecular weight is 206 g/mol. The van der Waals surface area contributed by atoms with E-state index < -0.39 is 17.5 Å². The highest BCUT2D eigenvalue weighted by atomic mass is 19.4. The van der Waals surface area contributed by atoms with Crippen molar-refractivity contribution in [1.29, 1.82) is 0 Å². The number of hydrogen-bond acceptors (Lipinski definition) is 2. The van der Waals surface area contributed by atoms with Gasteiger partial charge in [-0.25, -0.2) is 0 Å². The predicted molar refractivity (Wildman–Crippen MR) is 43.9 cm³/mol. The molecule has 2 nitrogen and oxygen atoms in total. The lowest BCUT2D eigenvalue weighted by molar-refractivity contribution is -0.138. The van der Waals surface area contributed by atoms with Gasteiger partial charge in [0.2, 0.25) is 0 Å². The van der Waals surface area contributed by atoms with Gasteiger partial charge in [0, 0.05) is 6.61 Å². The molecule has 0 spiro atoms. The fourth-order valence-corrected chi connectivity index (χ4v) is 1.17. The molecule has 0 atom stereocenters. The molecule has 1 aromatic rings. The maximum atomic E-state index is 12.4. The Morgan fingerprint density at radius 1 is 1.21 bits per heavy atom. The van der Waals surface area contributed by atoms with Gasteiger partial charge >= 0.3 is 6.18 Å². The molecular formula is C9H9F3O2. The summed E-state index contributed by atoms with van der Waals surface area (Å²) >= 11 is 0. The molecule has 0 aliphatic heterocycles. The van der Waals surface area contributed by atoms with Crippen LogP contribution in [-0.2, 0) is 12.6 Å². The molecule has 78 valence electrons. The Labute approximate surface area is 78.6 Å². The first-order valence-corrected chi connectivity index (χ1v) is 3.95. The summed E-state index contributed by atoms with van der Waals surface area (Å²) in [4.78, 5) is 0. The Kier molecular flexibility index (Phi) is 3.00. The van der Waals surface area contributed by atoms with Crippen molar-refractivity contribution in [3.63, 3.8) is 0 Å². The SMILES string of the molecule is OCCc1ccc(O)cc1C(F)(F)F. The molecule has 0 bridgehead atoms. The zero-order valence-electron chi connectivity index (χ0n) is 7.17. The van der Waals surface area contributed by atoms with Crippen molar-refractivity contribution in [2.75, 3.05) is 6.61 Å².